The van der Waals surface area contributed by atoms with Crippen molar-refractivity contribution in [2.75, 3.05) is 5.32 Å². The van der Waals surface area contributed by atoms with Gasteiger partial charge in [-0.15, -0.1) is 0 Å². The van der Waals surface area contributed by atoms with Crippen molar-refractivity contribution < 1.29 is 9.18 Å². The monoisotopic (exact) mass is 317 g/mol. The molecule has 23 heavy (non-hydrogen) atoms. The quantitative estimate of drug-likeness (QED) is 0.891. The molecule has 1 heterocycles. The minimum Gasteiger partial charge on any atom is -0.363 e. The van der Waals surface area contributed by atoms with E-state index in [2.05, 4.69) is 22.5 Å². The molecule has 0 aromatic heterocycles. The van der Waals surface area contributed by atoms with Crippen LogP contribution in [0.1, 0.15) is 57.4 Å². The van der Waals surface area contributed by atoms with Crippen LogP contribution in [-0.2, 0) is 4.79 Å². The third-order valence-corrected chi connectivity index (χ3v) is 4.56. The predicted octanol–water partition coefficient (Wildman–Crippen LogP) is 3.62. The number of nitrogens with one attached hydrogen (secondary N) is 2. The van der Waals surface area contributed by atoms with E-state index in [0.717, 1.165) is 44.2 Å². The van der Waals surface area contributed by atoms with Crippen LogP contribution in [-0.4, -0.2) is 23.8 Å². The predicted molar refractivity (Wildman–Crippen MR) is 90.3 cm³/mol. The number of hydrogen-bond acceptors (Lipinski definition) is 3. The van der Waals surface area contributed by atoms with Gasteiger partial charge in [0.15, 0.2) is 0 Å². The molecule has 0 bridgehead atoms. The highest BCUT2D eigenvalue weighted by atomic mass is 19.1. The van der Waals surface area contributed by atoms with Gasteiger partial charge in [-0.1, -0.05) is 32.6 Å². The Morgan fingerprint density at radius 2 is 2.13 bits per heavy atom. The second kappa shape index (κ2) is 7.11. The fraction of sp³-hybridized carbons (Fsp3) is 0.556. The van der Waals surface area contributed by atoms with E-state index in [-0.39, 0.29) is 23.9 Å². The standard InChI is InChI=1S/C18H24FN3O/c1-2-6-16-21-15-10-9-12(19)11-14(15)17(22-16)18(23)20-13-7-4-3-5-8-13/h9-11,13,16,21H,2-8H2,1H3,(H,20,23). The van der Waals surface area contributed by atoms with Crippen molar-refractivity contribution in [2.24, 2.45) is 4.99 Å². The van der Waals surface area contributed by atoms with Crippen LogP contribution in [0, 0.1) is 5.82 Å². The molecule has 2 N–H and O–H groups in total. The molecular weight excluding hydrogens is 293 g/mol. The van der Waals surface area contributed by atoms with E-state index in [4.69, 9.17) is 0 Å². The molecule has 0 saturated heterocycles. The normalized spacial score (nSPS) is 21.1. The Bertz CT molecular complexity index is 608. The molecule has 4 nitrogen and oxygen atoms in total. The molecule has 1 saturated carbocycles. The Morgan fingerprint density at radius 3 is 2.87 bits per heavy atom. The molecule has 1 aliphatic carbocycles. The summed E-state index contributed by atoms with van der Waals surface area (Å²) >= 11 is 0. The number of carbonyl (C=O) groups is 1. The van der Waals surface area contributed by atoms with Crippen molar-refractivity contribution in [1.29, 1.82) is 0 Å². The van der Waals surface area contributed by atoms with Crippen LogP contribution < -0.4 is 10.6 Å². The number of carbonyl (C=O) groups excluding carboxylic acids is 1. The number of halogens is 1. The zero-order chi connectivity index (χ0) is 16.2. The Hall–Kier alpha value is -1.91. The number of nitrogens with zero attached hydrogens (tertiary/aromatic N) is 1. The molecule has 1 fully saturated rings. The number of anilines is 1. The van der Waals surface area contributed by atoms with E-state index >= 15 is 0 Å². The molecule has 1 aromatic rings. The van der Waals surface area contributed by atoms with Crippen LogP contribution in [0.25, 0.3) is 0 Å². The maximum absolute atomic E-state index is 13.6. The summed E-state index contributed by atoms with van der Waals surface area (Å²) in [5.74, 6) is -0.524. The van der Waals surface area contributed by atoms with Crippen LogP contribution in [0.3, 0.4) is 0 Å². The molecule has 1 amide bonds. The van der Waals surface area contributed by atoms with Gasteiger partial charge in [-0.05, 0) is 37.5 Å². The smallest absolute Gasteiger partial charge is 0.270 e. The van der Waals surface area contributed by atoms with Crippen LogP contribution >= 0.6 is 0 Å². The fourth-order valence-electron chi connectivity index (χ4n) is 3.37. The summed E-state index contributed by atoms with van der Waals surface area (Å²) in [5.41, 5.74) is 1.71. The van der Waals surface area contributed by atoms with Gasteiger partial charge in [0, 0.05) is 17.3 Å². The molecule has 0 spiro atoms. The summed E-state index contributed by atoms with van der Waals surface area (Å²) < 4.78 is 13.6. The summed E-state index contributed by atoms with van der Waals surface area (Å²) in [5, 5.41) is 6.37. The second-order valence-electron chi connectivity index (χ2n) is 6.42. The first-order valence-electron chi connectivity index (χ1n) is 8.62. The number of amides is 1. The van der Waals surface area contributed by atoms with E-state index in [1.165, 1.54) is 18.6 Å². The molecule has 124 valence electrons. The van der Waals surface area contributed by atoms with E-state index in [0.29, 0.717) is 11.3 Å². The van der Waals surface area contributed by atoms with E-state index in [1.54, 1.807) is 6.07 Å². The van der Waals surface area contributed by atoms with Crippen molar-refractivity contribution in [3.05, 3.63) is 29.6 Å². The van der Waals surface area contributed by atoms with Gasteiger partial charge in [-0.25, -0.2) is 4.39 Å². The molecule has 0 radical (unpaired) electrons. The minimum atomic E-state index is -0.349. The van der Waals surface area contributed by atoms with E-state index in [1.807, 2.05) is 0 Å². The fourth-order valence-corrected chi connectivity index (χ4v) is 3.37. The van der Waals surface area contributed by atoms with E-state index < -0.39 is 0 Å². The molecule has 2 aliphatic rings. The molecule has 1 unspecified atom stereocenters. The Balaban J connectivity index is 1.84. The highest BCUT2D eigenvalue weighted by molar-refractivity contribution is 6.46. The van der Waals surface area contributed by atoms with Crippen molar-refractivity contribution in [3.63, 3.8) is 0 Å². The van der Waals surface area contributed by atoms with Gasteiger partial charge in [-0.3, -0.25) is 9.79 Å². The molecule has 5 heteroatoms. The first-order valence-corrected chi connectivity index (χ1v) is 8.62. The van der Waals surface area contributed by atoms with E-state index in [9.17, 15) is 9.18 Å². The molecule has 3 rings (SSSR count). The lowest BCUT2D eigenvalue weighted by atomic mass is 9.95. The Kier molecular flexibility index (Phi) is 4.94. The topological polar surface area (TPSA) is 53.5 Å². The van der Waals surface area contributed by atoms with Crippen LogP contribution in [0.5, 0.6) is 0 Å². The van der Waals surface area contributed by atoms with Gasteiger partial charge in [-0.2, -0.15) is 0 Å². The van der Waals surface area contributed by atoms with Crippen molar-refractivity contribution >= 4 is 17.3 Å². The Labute approximate surface area is 136 Å². The lowest BCUT2D eigenvalue weighted by Gasteiger charge is -2.27. The van der Waals surface area contributed by atoms with Gasteiger partial charge in [0.25, 0.3) is 5.91 Å². The highest BCUT2D eigenvalue weighted by Crippen LogP contribution is 2.26. The minimum absolute atomic E-state index is 0.120. The largest absolute Gasteiger partial charge is 0.363 e. The summed E-state index contributed by atoms with van der Waals surface area (Å²) in [7, 11) is 0. The number of aliphatic imine (C=N–C) groups is 1. The lowest BCUT2D eigenvalue weighted by Crippen LogP contribution is -2.42. The van der Waals surface area contributed by atoms with Gasteiger partial charge < -0.3 is 10.6 Å². The average Bonchev–Trinajstić information content (AvgIpc) is 2.55. The number of hydrogen-bond donors (Lipinski definition) is 2. The third-order valence-electron chi connectivity index (χ3n) is 4.56. The lowest BCUT2D eigenvalue weighted by molar-refractivity contribution is -0.115. The summed E-state index contributed by atoms with van der Waals surface area (Å²) in [6.45, 7) is 2.08. The summed E-state index contributed by atoms with van der Waals surface area (Å²) in [6.07, 6.45) is 7.28. The number of fused-ring (bicyclic) bond motifs is 1. The van der Waals surface area contributed by atoms with Gasteiger partial charge in [0.2, 0.25) is 0 Å². The maximum Gasteiger partial charge on any atom is 0.270 e. The molecular formula is C18H24FN3O. The van der Waals surface area contributed by atoms with Crippen molar-refractivity contribution in [2.45, 2.75) is 64.1 Å². The number of rotatable bonds is 4. The number of benzene rings is 1. The SMILES string of the molecule is CCCC1N=C(C(=O)NC2CCCCC2)c2cc(F)ccc2N1. The molecule has 1 aromatic carbocycles. The Morgan fingerprint density at radius 1 is 1.35 bits per heavy atom. The van der Waals surface area contributed by atoms with Crippen LogP contribution in [0.15, 0.2) is 23.2 Å². The maximum atomic E-state index is 13.6. The van der Waals surface area contributed by atoms with Gasteiger partial charge in [0.05, 0.1) is 0 Å². The average molecular weight is 317 g/mol. The molecule has 1 aliphatic heterocycles. The first kappa shape index (κ1) is 16.0. The zero-order valence-electron chi connectivity index (χ0n) is 13.6. The van der Waals surface area contributed by atoms with Crippen molar-refractivity contribution in [1.82, 2.24) is 5.32 Å². The third kappa shape index (κ3) is 3.71. The second-order valence-corrected chi connectivity index (χ2v) is 6.42. The summed E-state index contributed by atoms with van der Waals surface area (Å²) in [4.78, 5) is 17.2. The van der Waals surface area contributed by atoms with Crippen molar-refractivity contribution in [3.8, 4) is 0 Å². The van der Waals surface area contributed by atoms with Gasteiger partial charge >= 0.3 is 0 Å². The molecule has 1 atom stereocenters. The highest BCUT2D eigenvalue weighted by Gasteiger charge is 2.27. The van der Waals surface area contributed by atoms with Gasteiger partial charge in [0.1, 0.15) is 17.7 Å². The van der Waals surface area contributed by atoms with Crippen LogP contribution in [0.2, 0.25) is 0 Å². The summed E-state index contributed by atoms with van der Waals surface area (Å²) in [6, 6.07) is 4.71. The zero-order valence-corrected chi connectivity index (χ0v) is 13.6. The van der Waals surface area contributed by atoms with Crippen LogP contribution in [0.4, 0.5) is 10.1 Å². The first-order chi connectivity index (χ1) is 11.2.